The van der Waals surface area contributed by atoms with Crippen LogP contribution < -0.4 is 4.90 Å². The first kappa shape index (κ1) is 30.9. The van der Waals surface area contributed by atoms with Crippen molar-refractivity contribution in [3.05, 3.63) is 193 Å². The Balaban J connectivity index is 0.906. The number of allylic oxidation sites excluding steroid dienone is 2. The number of benzene rings is 7. The first-order valence-electron chi connectivity index (χ1n) is 19.1. The number of thiophene rings is 1. The standard InChI is InChI=1S/C52H34N2S/c1-52-27-26-34(33-19-25-50-45(29-33)39-9-3-5-15-49(39)55-50)31-46(52)43-10-2-4-14-48(43)54(52)36-20-16-32(17-21-36)37-23-24-42-38-22-18-35(47-13-6-7-28-53-47)30-44(38)41-12-8-11-40(37)51(41)42/h2-31,46H,1H3. The fraction of sp³-hybridized carbons (Fsp3) is 0.0577. The molecule has 0 spiro atoms. The van der Waals surface area contributed by atoms with Crippen molar-refractivity contribution < 1.29 is 0 Å². The van der Waals surface area contributed by atoms with Crippen molar-refractivity contribution in [1.29, 1.82) is 0 Å². The highest BCUT2D eigenvalue weighted by Crippen LogP contribution is 2.56. The van der Waals surface area contributed by atoms with Crippen LogP contribution in [0.1, 0.15) is 24.0 Å². The fourth-order valence-electron chi connectivity index (χ4n) is 9.71. The van der Waals surface area contributed by atoms with Gasteiger partial charge in [0.15, 0.2) is 0 Å². The predicted molar refractivity (Wildman–Crippen MR) is 233 cm³/mol. The molecule has 2 atom stereocenters. The quantitative estimate of drug-likeness (QED) is 0.180. The van der Waals surface area contributed by atoms with Gasteiger partial charge in [0.1, 0.15) is 0 Å². The second-order valence-corrected chi connectivity index (χ2v) is 16.4. The van der Waals surface area contributed by atoms with Crippen LogP contribution in [0.3, 0.4) is 0 Å². The van der Waals surface area contributed by atoms with E-state index in [0.29, 0.717) is 0 Å². The molecule has 55 heavy (non-hydrogen) atoms. The second-order valence-electron chi connectivity index (χ2n) is 15.3. The minimum atomic E-state index is -0.240. The van der Waals surface area contributed by atoms with Crippen molar-refractivity contribution in [1.82, 2.24) is 4.98 Å². The van der Waals surface area contributed by atoms with Gasteiger partial charge in [-0.15, -0.1) is 11.3 Å². The van der Waals surface area contributed by atoms with E-state index in [4.69, 9.17) is 0 Å². The summed E-state index contributed by atoms with van der Waals surface area (Å²) in [6.07, 6.45) is 9.16. The van der Waals surface area contributed by atoms with E-state index in [2.05, 4.69) is 187 Å². The molecule has 0 bridgehead atoms. The van der Waals surface area contributed by atoms with E-state index in [-0.39, 0.29) is 11.5 Å². The van der Waals surface area contributed by atoms with Gasteiger partial charge in [0.05, 0.1) is 11.2 Å². The first-order valence-corrected chi connectivity index (χ1v) is 19.9. The summed E-state index contributed by atoms with van der Waals surface area (Å²) in [5, 5.41) is 5.31. The largest absolute Gasteiger partial charge is 0.331 e. The topological polar surface area (TPSA) is 16.1 Å². The van der Waals surface area contributed by atoms with Crippen molar-refractivity contribution in [2.75, 3.05) is 4.90 Å². The molecule has 1 aliphatic heterocycles. The molecule has 258 valence electrons. The Bertz CT molecular complexity index is 3110. The van der Waals surface area contributed by atoms with Crippen LogP contribution in [0, 0.1) is 0 Å². The summed E-state index contributed by atoms with van der Waals surface area (Å²) in [5.74, 6) is 0.217. The molecule has 2 unspecified atom stereocenters. The summed E-state index contributed by atoms with van der Waals surface area (Å²) in [6, 6.07) is 58.3. The number of aromatic nitrogens is 1. The molecular formula is C52H34N2S. The monoisotopic (exact) mass is 718 g/mol. The van der Waals surface area contributed by atoms with Crippen molar-refractivity contribution in [3.63, 3.8) is 0 Å². The first-order chi connectivity index (χ1) is 27.1. The molecule has 2 aromatic heterocycles. The van der Waals surface area contributed by atoms with Crippen LogP contribution in [0.2, 0.25) is 0 Å². The lowest BCUT2D eigenvalue weighted by Crippen LogP contribution is -2.42. The molecular weight excluding hydrogens is 685 g/mol. The number of para-hydroxylation sites is 1. The second kappa shape index (κ2) is 11.5. The van der Waals surface area contributed by atoms with Gasteiger partial charge in [-0.05, 0) is 122 Å². The number of nitrogens with zero attached hydrogens (tertiary/aromatic N) is 2. The van der Waals surface area contributed by atoms with E-state index in [1.165, 1.54) is 92.4 Å². The maximum atomic E-state index is 4.62. The zero-order valence-corrected chi connectivity index (χ0v) is 31.0. The number of pyridine rings is 1. The minimum Gasteiger partial charge on any atom is -0.331 e. The molecule has 0 saturated heterocycles. The smallest absolute Gasteiger partial charge is 0.0712 e. The number of rotatable bonds is 4. The maximum absolute atomic E-state index is 4.62. The van der Waals surface area contributed by atoms with Crippen LogP contribution in [0.25, 0.3) is 81.2 Å². The molecule has 0 fully saturated rings. The lowest BCUT2D eigenvalue weighted by molar-refractivity contribution is 0.544. The Morgan fingerprint density at radius 1 is 0.564 bits per heavy atom. The van der Waals surface area contributed by atoms with Crippen LogP contribution in [0.4, 0.5) is 11.4 Å². The molecule has 3 heteroatoms. The average Bonchev–Trinajstić information content (AvgIpc) is 3.87. The zero-order valence-electron chi connectivity index (χ0n) is 30.2. The fourth-order valence-corrected chi connectivity index (χ4v) is 10.8. The average molecular weight is 719 g/mol. The van der Waals surface area contributed by atoms with Crippen molar-refractivity contribution in [2.45, 2.75) is 18.4 Å². The molecule has 0 N–H and O–H groups in total. The minimum absolute atomic E-state index is 0.217. The van der Waals surface area contributed by atoms with Gasteiger partial charge in [-0.2, -0.15) is 0 Å². The van der Waals surface area contributed by atoms with Crippen LogP contribution in [-0.2, 0) is 0 Å². The Morgan fingerprint density at radius 2 is 1.31 bits per heavy atom. The summed E-state index contributed by atoms with van der Waals surface area (Å²) in [5.41, 5.74) is 16.0. The summed E-state index contributed by atoms with van der Waals surface area (Å²) < 4.78 is 2.69. The molecule has 9 aromatic rings. The van der Waals surface area contributed by atoms with Gasteiger partial charge in [-0.25, -0.2) is 0 Å². The third-order valence-electron chi connectivity index (χ3n) is 12.3. The summed E-state index contributed by atoms with van der Waals surface area (Å²) in [6.45, 7) is 2.39. The zero-order chi connectivity index (χ0) is 36.3. The molecule has 2 aliphatic carbocycles. The molecule has 0 amide bonds. The Morgan fingerprint density at radius 3 is 2.22 bits per heavy atom. The predicted octanol–water partition coefficient (Wildman–Crippen LogP) is 14.2. The SMILES string of the molecule is CC12C=CC(c3ccc4sc5ccccc5c4c3)=CC1c1ccccc1N2c1ccc(-c2ccc3c4c(cccc24)-c2cc(-c4ccccn4)ccc2-3)cc1. The van der Waals surface area contributed by atoms with E-state index >= 15 is 0 Å². The number of hydrogen-bond donors (Lipinski definition) is 0. The number of hydrogen-bond acceptors (Lipinski definition) is 3. The Labute approximate surface area is 324 Å². The van der Waals surface area contributed by atoms with Gasteiger partial charge in [-0.1, -0.05) is 121 Å². The van der Waals surface area contributed by atoms with E-state index in [9.17, 15) is 0 Å². The molecule has 7 aromatic carbocycles. The Kier molecular flexibility index (Phi) is 6.44. The Hall–Kier alpha value is -6.55. The van der Waals surface area contributed by atoms with Crippen molar-refractivity contribution in [3.8, 4) is 44.6 Å². The van der Waals surface area contributed by atoms with Crippen LogP contribution >= 0.6 is 11.3 Å². The van der Waals surface area contributed by atoms with Crippen LogP contribution in [-0.4, -0.2) is 10.5 Å². The molecule has 12 rings (SSSR count). The van der Waals surface area contributed by atoms with Crippen LogP contribution in [0.15, 0.2) is 182 Å². The molecule has 0 saturated carbocycles. The molecule has 3 heterocycles. The van der Waals surface area contributed by atoms with E-state index < -0.39 is 0 Å². The number of fused-ring (bicyclic) bond motifs is 9. The number of anilines is 2. The third kappa shape index (κ3) is 4.45. The van der Waals surface area contributed by atoms with Crippen LogP contribution in [0.5, 0.6) is 0 Å². The van der Waals surface area contributed by atoms with E-state index in [1.807, 2.05) is 23.6 Å². The lowest BCUT2D eigenvalue weighted by Gasteiger charge is -2.40. The molecule has 0 radical (unpaired) electrons. The van der Waals surface area contributed by atoms with Gasteiger partial charge in [0.25, 0.3) is 0 Å². The summed E-state index contributed by atoms with van der Waals surface area (Å²) in [7, 11) is 0. The van der Waals surface area contributed by atoms with Gasteiger partial charge < -0.3 is 4.90 Å². The molecule has 2 nitrogen and oxygen atoms in total. The maximum Gasteiger partial charge on any atom is 0.0712 e. The molecule has 3 aliphatic rings. The summed E-state index contributed by atoms with van der Waals surface area (Å²) >= 11 is 1.88. The van der Waals surface area contributed by atoms with E-state index in [1.54, 1.807) is 0 Å². The van der Waals surface area contributed by atoms with Gasteiger partial charge in [0, 0.05) is 49.2 Å². The normalized spacial score (nSPS) is 17.8. The third-order valence-corrected chi connectivity index (χ3v) is 13.5. The highest BCUT2D eigenvalue weighted by Gasteiger charge is 2.47. The summed E-state index contributed by atoms with van der Waals surface area (Å²) in [4.78, 5) is 7.18. The highest BCUT2D eigenvalue weighted by atomic mass is 32.1. The van der Waals surface area contributed by atoms with Gasteiger partial charge in [0.2, 0.25) is 0 Å². The van der Waals surface area contributed by atoms with Crippen molar-refractivity contribution >= 4 is 59.2 Å². The lowest BCUT2D eigenvalue weighted by atomic mass is 9.77. The van der Waals surface area contributed by atoms with Gasteiger partial charge >= 0.3 is 0 Å². The highest BCUT2D eigenvalue weighted by molar-refractivity contribution is 7.25. The van der Waals surface area contributed by atoms with E-state index in [0.717, 1.165) is 11.3 Å². The van der Waals surface area contributed by atoms with Gasteiger partial charge in [-0.3, -0.25) is 4.98 Å². The van der Waals surface area contributed by atoms with Crippen molar-refractivity contribution in [2.24, 2.45) is 0 Å².